The van der Waals surface area contributed by atoms with Crippen LogP contribution in [0.25, 0.3) is 0 Å². The Morgan fingerprint density at radius 2 is 2.23 bits per heavy atom. The van der Waals surface area contributed by atoms with E-state index in [1.165, 1.54) is 37.8 Å². The highest BCUT2D eigenvalue weighted by Gasteiger charge is 2.16. The average Bonchev–Trinajstić information content (AvgIpc) is 2.11. The summed E-state index contributed by atoms with van der Waals surface area (Å²) in [5.41, 5.74) is 1.25. The molecule has 0 spiro atoms. The van der Waals surface area contributed by atoms with E-state index < -0.39 is 0 Å². The Labute approximate surface area is 80.2 Å². The number of pyridine rings is 1. The molecule has 1 heterocycles. The van der Waals surface area contributed by atoms with Gasteiger partial charge in [-0.3, -0.25) is 4.98 Å². The summed E-state index contributed by atoms with van der Waals surface area (Å²) in [6, 6.07) is 6.18. The zero-order valence-electron chi connectivity index (χ0n) is 8.08. The van der Waals surface area contributed by atoms with Crippen LogP contribution in [0.5, 0.6) is 0 Å². The molecule has 1 aliphatic carbocycles. The molecular formula is C12H17N. The first-order chi connectivity index (χ1) is 6.45. The van der Waals surface area contributed by atoms with E-state index in [0.29, 0.717) is 0 Å². The molecule has 0 amide bonds. The van der Waals surface area contributed by atoms with Gasteiger partial charge in [0.2, 0.25) is 0 Å². The number of aryl methyl sites for hydroxylation is 1. The second-order valence-corrected chi connectivity index (χ2v) is 4.01. The van der Waals surface area contributed by atoms with Crippen LogP contribution in [0, 0.1) is 5.92 Å². The van der Waals surface area contributed by atoms with Crippen LogP contribution >= 0.6 is 0 Å². The van der Waals surface area contributed by atoms with E-state index in [4.69, 9.17) is 0 Å². The van der Waals surface area contributed by atoms with Crippen LogP contribution in [-0.2, 0) is 6.42 Å². The maximum atomic E-state index is 4.32. The predicted molar refractivity (Wildman–Crippen MR) is 54.5 cm³/mol. The Morgan fingerprint density at radius 1 is 1.31 bits per heavy atom. The molecule has 1 aromatic rings. The number of rotatable bonds is 4. The lowest BCUT2D eigenvalue weighted by atomic mass is 9.82. The number of hydrogen-bond acceptors (Lipinski definition) is 1. The van der Waals surface area contributed by atoms with Crippen molar-refractivity contribution >= 4 is 0 Å². The minimum atomic E-state index is 1.05. The van der Waals surface area contributed by atoms with Crippen molar-refractivity contribution < 1.29 is 0 Å². The summed E-state index contributed by atoms with van der Waals surface area (Å²) >= 11 is 0. The Kier molecular flexibility index (Phi) is 2.96. The van der Waals surface area contributed by atoms with Gasteiger partial charge in [-0.1, -0.05) is 31.7 Å². The van der Waals surface area contributed by atoms with Crippen LogP contribution < -0.4 is 0 Å². The summed E-state index contributed by atoms with van der Waals surface area (Å²) in [6.45, 7) is 0. The number of aromatic nitrogens is 1. The molecule has 0 N–H and O–H groups in total. The van der Waals surface area contributed by atoms with Crippen molar-refractivity contribution in [3.05, 3.63) is 30.1 Å². The highest BCUT2D eigenvalue weighted by atomic mass is 14.7. The first-order valence-corrected chi connectivity index (χ1v) is 5.35. The summed E-state index contributed by atoms with van der Waals surface area (Å²) < 4.78 is 0. The minimum absolute atomic E-state index is 1.05. The lowest BCUT2D eigenvalue weighted by molar-refractivity contribution is 0.290. The number of nitrogens with zero attached hydrogens (tertiary/aromatic N) is 1. The third-order valence-electron chi connectivity index (χ3n) is 3.00. The van der Waals surface area contributed by atoms with Crippen LogP contribution in [-0.4, -0.2) is 4.98 Å². The Morgan fingerprint density at radius 3 is 2.85 bits per heavy atom. The maximum absolute atomic E-state index is 4.32. The SMILES string of the molecule is c1ccc(CCCC2CCC2)nc1. The molecule has 0 atom stereocenters. The second-order valence-electron chi connectivity index (χ2n) is 4.01. The molecule has 2 rings (SSSR count). The van der Waals surface area contributed by atoms with E-state index in [9.17, 15) is 0 Å². The summed E-state index contributed by atoms with van der Waals surface area (Å²) in [5, 5.41) is 0. The van der Waals surface area contributed by atoms with Gasteiger partial charge in [-0.2, -0.15) is 0 Å². The standard InChI is InChI=1S/C12H17N/c1-2-10-13-12(8-1)9-4-7-11-5-3-6-11/h1-2,8,10-11H,3-7,9H2. The first kappa shape index (κ1) is 8.74. The van der Waals surface area contributed by atoms with Crippen molar-refractivity contribution in [2.24, 2.45) is 5.92 Å². The van der Waals surface area contributed by atoms with Gasteiger partial charge in [0.05, 0.1) is 0 Å². The fraction of sp³-hybridized carbons (Fsp3) is 0.583. The van der Waals surface area contributed by atoms with Crippen molar-refractivity contribution in [3.63, 3.8) is 0 Å². The zero-order chi connectivity index (χ0) is 8.93. The van der Waals surface area contributed by atoms with Crippen LogP contribution in [0.2, 0.25) is 0 Å². The van der Waals surface area contributed by atoms with Crippen molar-refractivity contribution in [2.75, 3.05) is 0 Å². The van der Waals surface area contributed by atoms with E-state index >= 15 is 0 Å². The minimum Gasteiger partial charge on any atom is -0.261 e. The molecule has 1 aromatic heterocycles. The highest BCUT2D eigenvalue weighted by Crippen LogP contribution is 2.30. The molecule has 0 bridgehead atoms. The fourth-order valence-electron chi connectivity index (χ4n) is 1.90. The predicted octanol–water partition coefficient (Wildman–Crippen LogP) is 3.20. The monoisotopic (exact) mass is 175 g/mol. The van der Waals surface area contributed by atoms with Crippen LogP contribution in [0.1, 0.15) is 37.8 Å². The van der Waals surface area contributed by atoms with Crippen molar-refractivity contribution in [1.82, 2.24) is 4.98 Å². The van der Waals surface area contributed by atoms with Gasteiger partial charge >= 0.3 is 0 Å². The van der Waals surface area contributed by atoms with Crippen molar-refractivity contribution in [1.29, 1.82) is 0 Å². The second kappa shape index (κ2) is 4.40. The average molecular weight is 175 g/mol. The fourth-order valence-corrected chi connectivity index (χ4v) is 1.90. The largest absolute Gasteiger partial charge is 0.261 e. The summed E-state index contributed by atoms with van der Waals surface area (Å²) in [6.07, 6.45) is 10.2. The molecule has 0 aromatic carbocycles. The van der Waals surface area contributed by atoms with Gasteiger partial charge in [0.25, 0.3) is 0 Å². The lowest BCUT2D eigenvalue weighted by Crippen LogP contribution is -2.10. The van der Waals surface area contributed by atoms with Crippen molar-refractivity contribution in [2.45, 2.75) is 38.5 Å². The summed E-state index contributed by atoms with van der Waals surface area (Å²) in [7, 11) is 0. The van der Waals surface area contributed by atoms with Crippen LogP contribution in [0.3, 0.4) is 0 Å². The molecule has 1 heteroatoms. The van der Waals surface area contributed by atoms with E-state index in [2.05, 4.69) is 17.1 Å². The first-order valence-electron chi connectivity index (χ1n) is 5.35. The molecule has 0 saturated heterocycles. The molecule has 13 heavy (non-hydrogen) atoms. The van der Waals surface area contributed by atoms with Gasteiger partial charge in [-0.05, 0) is 30.9 Å². The number of hydrogen-bond donors (Lipinski definition) is 0. The summed E-state index contributed by atoms with van der Waals surface area (Å²) in [5.74, 6) is 1.05. The van der Waals surface area contributed by atoms with E-state index in [1.807, 2.05) is 12.3 Å². The van der Waals surface area contributed by atoms with Gasteiger partial charge in [0.15, 0.2) is 0 Å². The molecular weight excluding hydrogens is 158 g/mol. The van der Waals surface area contributed by atoms with E-state index in [1.54, 1.807) is 0 Å². The van der Waals surface area contributed by atoms with Crippen molar-refractivity contribution in [3.8, 4) is 0 Å². The van der Waals surface area contributed by atoms with Gasteiger partial charge in [-0.25, -0.2) is 0 Å². The molecule has 1 saturated carbocycles. The Bertz CT molecular complexity index is 239. The van der Waals surface area contributed by atoms with Gasteiger partial charge in [0, 0.05) is 11.9 Å². The quantitative estimate of drug-likeness (QED) is 0.684. The molecule has 1 fully saturated rings. The van der Waals surface area contributed by atoms with Gasteiger partial charge < -0.3 is 0 Å². The highest BCUT2D eigenvalue weighted by molar-refractivity contribution is 5.03. The third kappa shape index (κ3) is 2.55. The molecule has 0 aliphatic heterocycles. The smallest absolute Gasteiger partial charge is 0.0403 e. The maximum Gasteiger partial charge on any atom is 0.0403 e. The third-order valence-corrected chi connectivity index (χ3v) is 3.00. The molecule has 0 unspecified atom stereocenters. The lowest BCUT2D eigenvalue weighted by Gasteiger charge is -2.24. The van der Waals surface area contributed by atoms with Crippen LogP contribution in [0.4, 0.5) is 0 Å². The van der Waals surface area contributed by atoms with Gasteiger partial charge in [-0.15, -0.1) is 0 Å². The Hall–Kier alpha value is -0.850. The molecule has 0 radical (unpaired) electrons. The van der Waals surface area contributed by atoms with Crippen LogP contribution in [0.15, 0.2) is 24.4 Å². The topological polar surface area (TPSA) is 12.9 Å². The van der Waals surface area contributed by atoms with E-state index in [0.717, 1.165) is 12.3 Å². The molecule has 1 nitrogen and oxygen atoms in total. The van der Waals surface area contributed by atoms with E-state index in [-0.39, 0.29) is 0 Å². The molecule has 70 valence electrons. The zero-order valence-corrected chi connectivity index (χ0v) is 8.08. The Balaban J connectivity index is 1.67. The van der Waals surface area contributed by atoms with Gasteiger partial charge in [0.1, 0.15) is 0 Å². The molecule has 1 aliphatic rings. The summed E-state index contributed by atoms with van der Waals surface area (Å²) in [4.78, 5) is 4.32. The normalized spacial score (nSPS) is 16.9.